The zero-order valence-corrected chi connectivity index (χ0v) is 13.5. The highest BCUT2D eigenvalue weighted by Crippen LogP contribution is 2.28. The molecule has 0 heterocycles. The fraction of sp³-hybridized carbons (Fsp3) is 0.429. The van der Waals surface area contributed by atoms with Crippen molar-refractivity contribution in [3.05, 3.63) is 71.8 Å². The summed E-state index contributed by atoms with van der Waals surface area (Å²) in [6, 6.07) is 22.0. The topological polar surface area (TPSA) is 0 Å². The molecule has 0 aromatic heterocycles. The molecule has 0 N–H and O–H groups in total. The van der Waals surface area contributed by atoms with Crippen LogP contribution in [0.2, 0.25) is 0 Å². The average molecular weight is 280 g/mol. The van der Waals surface area contributed by atoms with E-state index in [0.717, 1.165) is 11.8 Å². The Balaban J connectivity index is 2.07. The van der Waals surface area contributed by atoms with Gasteiger partial charge in [-0.05, 0) is 35.8 Å². The van der Waals surface area contributed by atoms with Gasteiger partial charge in [0.05, 0.1) is 0 Å². The van der Waals surface area contributed by atoms with Gasteiger partial charge in [0.15, 0.2) is 0 Å². The highest BCUT2D eigenvalue weighted by Gasteiger charge is 2.20. The molecule has 112 valence electrons. The molecule has 2 unspecified atom stereocenters. The van der Waals surface area contributed by atoms with Crippen LogP contribution in [0.1, 0.15) is 44.2 Å². The molecule has 0 aliphatic rings. The summed E-state index contributed by atoms with van der Waals surface area (Å²) >= 11 is 0. The van der Waals surface area contributed by atoms with Gasteiger partial charge in [-0.2, -0.15) is 0 Å². The fourth-order valence-electron chi connectivity index (χ4n) is 3.35. The third kappa shape index (κ3) is 5.04. The molecule has 0 aliphatic heterocycles. The van der Waals surface area contributed by atoms with E-state index in [1.54, 1.807) is 0 Å². The molecule has 0 saturated carbocycles. The predicted molar refractivity (Wildman–Crippen MR) is 92.5 cm³/mol. The maximum absolute atomic E-state index is 2.35. The van der Waals surface area contributed by atoms with Crippen molar-refractivity contribution in [3.63, 3.8) is 0 Å². The number of hydrogen-bond donors (Lipinski definition) is 0. The van der Waals surface area contributed by atoms with E-state index in [1.807, 2.05) is 0 Å². The second-order valence-corrected chi connectivity index (χ2v) is 6.10. The smallest absolute Gasteiger partial charge is 0.0248 e. The highest BCUT2D eigenvalue weighted by atomic mass is 14.2. The summed E-state index contributed by atoms with van der Waals surface area (Å²) in [6.07, 6.45) is 6.32. The van der Waals surface area contributed by atoms with Gasteiger partial charge in [-0.1, -0.05) is 93.8 Å². The lowest BCUT2D eigenvalue weighted by atomic mass is 9.79. The van der Waals surface area contributed by atoms with Crippen LogP contribution in [0.15, 0.2) is 60.7 Å². The van der Waals surface area contributed by atoms with Crippen LogP contribution in [-0.2, 0) is 12.8 Å². The van der Waals surface area contributed by atoms with Gasteiger partial charge in [0, 0.05) is 0 Å². The van der Waals surface area contributed by atoms with Crippen molar-refractivity contribution in [1.82, 2.24) is 0 Å². The van der Waals surface area contributed by atoms with E-state index in [1.165, 1.54) is 43.2 Å². The largest absolute Gasteiger partial charge is 0.0654 e. The third-order valence-corrected chi connectivity index (χ3v) is 4.53. The first kappa shape index (κ1) is 15.8. The normalized spacial score (nSPS) is 13.8. The van der Waals surface area contributed by atoms with Crippen LogP contribution in [0.3, 0.4) is 0 Å². The number of hydrogen-bond acceptors (Lipinski definition) is 0. The van der Waals surface area contributed by atoms with Crippen molar-refractivity contribution in [2.75, 3.05) is 0 Å². The van der Waals surface area contributed by atoms with Gasteiger partial charge in [-0.25, -0.2) is 0 Å². The molecule has 0 bridgehead atoms. The Hall–Kier alpha value is -1.56. The van der Waals surface area contributed by atoms with Gasteiger partial charge in [0.25, 0.3) is 0 Å². The Morgan fingerprint density at radius 2 is 1.14 bits per heavy atom. The molecule has 0 heteroatoms. The fourth-order valence-corrected chi connectivity index (χ4v) is 3.35. The Labute approximate surface area is 130 Å². The number of benzene rings is 2. The summed E-state index contributed by atoms with van der Waals surface area (Å²) in [5.41, 5.74) is 2.97. The lowest BCUT2D eigenvalue weighted by molar-refractivity contribution is 0.297. The average Bonchev–Trinajstić information content (AvgIpc) is 2.54. The highest BCUT2D eigenvalue weighted by molar-refractivity contribution is 5.17. The van der Waals surface area contributed by atoms with Gasteiger partial charge in [0.2, 0.25) is 0 Å². The zero-order chi connectivity index (χ0) is 14.9. The van der Waals surface area contributed by atoms with Gasteiger partial charge >= 0.3 is 0 Å². The maximum atomic E-state index is 2.35. The van der Waals surface area contributed by atoms with Gasteiger partial charge < -0.3 is 0 Å². The molecule has 2 atom stereocenters. The van der Waals surface area contributed by atoms with E-state index in [2.05, 4.69) is 74.5 Å². The van der Waals surface area contributed by atoms with Crippen molar-refractivity contribution in [2.45, 2.75) is 46.0 Å². The molecule has 2 aromatic carbocycles. The summed E-state index contributed by atoms with van der Waals surface area (Å²) in [5, 5.41) is 0. The van der Waals surface area contributed by atoms with Crippen LogP contribution >= 0.6 is 0 Å². The third-order valence-electron chi connectivity index (χ3n) is 4.53. The van der Waals surface area contributed by atoms with Gasteiger partial charge in [-0.3, -0.25) is 0 Å². The standard InChI is InChI=1S/C21H28/c1-3-11-21(17-19-14-9-6-10-15-19)20(4-2)16-18-12-7-5-8-13-18/h5-10,12-15,20-21H,3-4,11,16-17H2,1-2H3. The second-order valence-electron chi connectivity index (χ2n) is 6.10. The van der Waals surface area contributed by atoms with Crippen molar-refractivity contribution in [3.8, 4) is 0 Å². The van der Waals surface area contributed by atoms with Crippen molar-refractivity contribution >= 4 is 0 Å². The lowest BCUT2D eigenvalue weighted by Gasteiger charge is -2.26. The summed E-state index contributed by atoms with van der Waals surface area (Å²) in [7, 11) is 0. The minimum atomic E-state index is 0.785. The van der Waals surface area contributed by atoms with E-state index in [9.17, 15) is 0 Å². The molecular formula is C21H28. The van der Waals surface area contributed by atoms with Crippen molar-refractivity contribution < 1.29 is 0 Å². The van der Waals surface area contributed by atoms with E-state index < -0.39 is 0 Å². The maximum Gasteiger partial charge on any atom is -0.0248 e. The first-order valence-electron chi connectivity index (χ1n) is 8.41. The summed E-state index contributed by atoms with van der Waals surface area (Å²) < 4.78 is 0. The number of rotatable bonds is 8. The van der Waals surface area contributed by atoms with Crippen molar-refractivity contribution in [2.24, 2.45) is 11.8 Å². The minimum Gasteiger partial charge on any atom is -0.0654 e. The molecule has 0 spiro atoms. The molecule has 2 rings (SSSR count). The minimum absolute atomic E-state index is 0.785. The van der Waals surface area contributed by atoms with E-state index in [4.69, 9.17) is 0 Å². The first-order chi connectivity index (χ1) is 10.3. The molecule has 2 aromatic rings. The lowest BCUT2D eigenvalue weighted by Crippen LogP contribution is -2.19. The second kappa shape index (κ2) is 8.67. The SMILES string of the molecule is CCCC(Cc1ccccc1)C(CC)Cc1ccccc1. The van der Waals surface area contributed by atoms with Crippen LogP contribution in [0.5, 0.6) is 0 Å². The van der Waals surface area contributed by atoms with Crippen LogP contribution in [0, 0.1) is 11.8 Å². The monoisotopic (exact) mass is 280 g/mol. The molecule has 0 nitrogen and oxygen atoms in total. The molecule has 0 amide bonds. The zero-order valence-electron chi connectivity index (χ0n) is 13.5. The van der Waals surface area contributed by atoms with Gasteiger partial charge in [0.1, 0.15) is 0 Å². The molecule has 0 aliphatic carbocycles. The Bertz CT molecular complexity index is 486. The summed E-state index contributed by atoms with van der Waals surface area (Å²) in [4.78, 5) is 0. The van der Waals surface area contributed by atoms with Crippen LogP contribution in [-0.4, -0.2) is 0 Å². The Morgan fingerprint density at radius 3 is 1.57 bits per heavy atom. The first-order valence-corrected chi connectivity index (χ1v) is 8.41. The molecular weight excluding hydrogens is 252 g/mol. The molecule has 0 radical (unpaired) electrons. The van der Waals surface area contributed by atoms with Crippen LogP contribution in [0.25, 0.3) is 0 Å². The summed E-state index contributed by atoms with van der Waals surface area (Å²) in [5.74, 6) is 1.58. The van der Waals surface area contributed by atoms with Crippen molar-refractivity contribution in [1.29, 1.82) is 0 Å². The molecule has 0 fully saturated rings. The quantitative estimate of drug-likeness (QED) is 0.563. The van der Waals surface area contributed by atoms with Crippen LogP contribution in [0.4, 0.5) is 0 Å². The van der Waals surface area contributed by atoms with E-state index >= 15 is 0 Å². The van der Waals surface area contributed by atoms with E-state index in [0.29, 0.717) is 0 Å². The summed E-state index contributed by atoms with van der Waals surface area (Å²) in [6.45, 7) is 4.66. The van der Waals surface area contributed by atoms with Gasteiger partial charge in [-0.15, -0.1) is 0 Å². The molecule has 21 heavy (non-hydrogen) atoms. The Kier molecular flexibility index (Phi) is 6.53. The molecule has 0 saturated heterocycles. The van der Waals surface area contributed by atoms with E-state index in [-0.39, 0.29) is 0 Å². The predicted octanol–water partition coefficient (Wildman–Crippen LogP) is 5.91. The Morgan fingerprint density at radius 1 is 0.667 bits per heavy atom. The van der Waals surface area contributed by atoms with Crippen LogP contribution < -0.4 is 0 Å².